The van der Waals surface area contributed by atoms with E-state index in [1.54, 1.807) is 41.0 Å². The summed E-state index contributed by atoms with van der Waals surface area (Å²) in [5, 5.41) is -0.352. The predicted octanol–water partition coefficient (Wildman–Crippen LogP) is 7.81. The second-order valence-electron chi connectivity index (χ2n) is 15.7. The van der Waals surface area contributed by atoms with Gasteiger partial charge in [-0.05, 0) is 67.2 Å². The lowest BCUT2D eigenvalue weighted by Crippen LogP contribution is -2.39. The predicted molar refractivity (Wildman–Crippen MR) is 247 cm³/mol. The number of aromatic nitrogens is 1. The fourth-order valence-electron chi connectivity index (χ4n) is 7.09. The summed E-state index contributed by atoms with van der Waals surface area (Å²) in [5.41, 5.74) is 1.37. The van der Waals surface area contributed by atoms with Gasteiger partial charge in [0.05, 0.1) is 54.6 Å². The minimum atomic E-state index is -4.53. The van der Waals surface area contributed by atoms with Crippen molar-refractivity contribution in [2.24, 2.45) is 4.99 Å². The Hall–Kier alpha value is -3.64. The van der Waals surface area contributed by atoms with Gasteiger partial charge in [-0.3, -0.25) is 23.3 Å². The van der Waals surface area contributed by atoms with E-state index >= 15 is 0 Å². The molecule has 2 aliphatic rings. The zero-order valence-electron chi connectivity index (χ0n) is 35.1. The zero-order valence-corrected chi connectivity index (χ0v) is 41.3. The summed E-state index contributed by atoms with van der Waals surface area (Å²) in [6, 6.07) is 5.72. The van der Waals surface area contributed by atoms with Crippen LogP contribution in [0.5, 0.6) is 5.75 Å². The van der Waals surface area contributed by atoms with E-state index < -0.39 is 71.2 Å². The van der Waals surface area contributed by atoms with E-state index in [0.29, 0.717) is 34.0 Å². The van der Waals surface area contributed by atoms with E-state index in [1.165, 1.54) is 31.4 Å². The van der Waals surface area contributed by atoms with Gasteiger partial charge in [0.2, 0.25) is 0 Å². The third-order valence-corrected chi connectivity index (χ3v) is 15.1. The number of pyridine rings is 1. The van der Waals surface area contributed by atoms with Crippen LogP contribution in [0.15, 0.2) is 76.4 Å². The van der Waals surface area contributed by atoms with Crippen LogP contribution in [-0.2, 0) is 57.4 Å². The highest BCUT2D eigenvalue weighted by molar-refractivity contribution is 7.86. The number of allylic oxidation sites excluding steroid dienone is 6. The van der Waals surface area contributed by atoms with Gasteiger partial charge in [-0.25, -0.2) is 14.4 Å². The average molecular weight is 1060 g/mol. The maximum atomic E-state index is 13.7. The van der Waals surface area contributed by atoms with Crippen LogP contribution in [0, 0.1) is 0 Å². The van der Waals surface area contributed by atoms with E-state index in [1.807, 2.05) is 32.6 Å². The Bertz CT molecular complexity index is 2890. The Morgan fingerprint density at radius 2 is 1.42 bits per heavy atom. The molecular weight excluding hydrogens is 1020 g/mol. The van der Waals surface area contributed by atoms with Crippen molar-refractivity contribution < 1.29 is 62.6 Å². The number of esters is 1. The Morgan fingerprint density at radius 3 is 2.02 bits per heavy atom. The summed E-state index contributed by atoms with van der Waals surface area (Å²) in [7, 11) is -11.9. The van der Waals surface area contributed by atoms with Gasteiger partial charge < -0.3 is 9.64 Å². The normalized spacial score (nSPS) is 16.4. The van der Waals surface area contributed by atoms with Crippen LogP contribution in [0.3, 0.4) is 0 Å². The fraction of sp³-hybridized carbons (Fsp3) is 0.350. The minimum Gasteiger partial charge on any atom is -0.421 e. The molecule has 0 atom stereocenters. The number of hydroxylamine groups is 2. The molecule has 0 bridgehead atoms. The van der Waals surface area contributed by atoms with E-state index in [9.17, 15) is 48.5 Å². The van der Waals surface area contributed by atoms with Crippen molar-refractivity contribution in [2.75, 3.05) is 36.6 Å². The van der Waals surface area contributed by atoms with Crippen LogP contribution in [0.4, 0.5) is 11.5 Å². The number of aliphatic imine (C=N–C) groups is 1. The number of aryl methyl sites for hydroxylation is 1. The molecule has 0 saturated carbocycles. The van der Waals surface area contributed by atoms with Crippen LogP contribution >= 0.6 is 58.0 Å². The standard InChI is InChI=1S/C40H41Cl5N4O13S3/c1-39(2)26-19-23(38(51)47(5)61-22-30(50)62-36-34(44)32(42)31(41)33(43)35(36)45)21-48(15-9-17-63(52,53)54)37(26)46-28(39)11-7-6-8-12-29-40(3,4)25-20-24(65(58,59)60)13-14-27(25)49(29)16-10-18-64(55,56)57/h6-8,11-14,19-21H,9-10,15-18,22H2,1-5H3,(H2-,52,53,54,55,56,57,58,59,60)/p+1. The van der Waals surface area contributed by atoms with Gasteiger partial charge in [-0.1, -0.05) is 90.1 Å². The number of nitrogens with zero attached hydrogens (tertiary/aromatic N) is 4. The number of carbonyl (C=O) groups excluding carboxylic acids is 2. The Labute approximate surface area is 401 Å². The molecular formula is C40H42Cl5N4O13S3+. The number of anilines is 1. The van der Waals surface area contributed by atoms with Crippen molar-refractivity contribution >= 4 is 117 Å². The Balaban J connectivity index is 1.39. The van der Waals surface area contributed by atoms with E-state index in [-0.39, 0.29) is 67.3 Å². The van der Waals surface area contributed by atoms with Crippen molar-refractivity contribution in [3.63, 3.8) is 0 Å². The van der Waals surface area contributed by atoms with Crippen molar-refractivity contribution in [3.05, 3.63) is 108 Å². The highest BCUT2D eigenvalue weighted by atomic mass is 35.5. The molecule has 0 radical (unpaired) electrons. The molecule has 65 heavy (non-hydrogen) atoms. The maximum absolute atomic E-state index is 13.7. The highest BCUT2D eigenvalue weighted by Gasteiger charge is 2.44. The van der Waals surface area contributed by atoms with Crippen LogP contribution < -0.4 is 14.2 Å². The first-order chi connectivity index (χ1) is 30.0. The number of fused-ring (bicyclic) bond motifs is 2. The number of halogens is 5. The molecule has 25 heteroatoms. The van der Waals surface area contributed by atoms with E-state index in [4.69, 9.17) is 72.6 Å². The molecule has 1 aromatic heterocycles. The van der Waals surface area contributed by atoms with Gasteiger partial charge in [0.15, 0.2) is 18.1 Å². The molecule has 0 fully saturated rings. The summed E-state index contributed by atoms with van der Waals surface area (Å²) in [6.45, 7) is 6.77. The molecule has 3 N–H and O–H groups in total. The molecule has 3 heterocycles. The van der Waals surface area contributed by atoms with Crippen molar-refractivity contribution in [1.29, 1.82) is 0 Å². The number of amides is 1. The lowest BCUT2D eigenvalue weighted by Gasteiger charge is -2.27. The molecule has 0 spiro atoms. The van der Waals surface area contributed by atoms with Gasteiger partial charge in [-0.2, -0.15) is 25.3 Å². The van der Waals surface area contributed by atoms with Gasteiger partial charge in [0.25, 0.3) is 36.3 Å². The second-order valence-corrected chi connectivity index (χ2v) is 22.2. The quantitative estimate of drug-likeness (QED) is 0.0171. The molecule has 352 valence electrons. The molecule has 17 nitrogen and oxygen atoms in total. The van der Waals surface area contributed by atoms with Crippen molar-refractivity contribution in [2.45, 2.75) is 62.8 Å². The summed E-state index contributed by atoms with van der Waals surface area (Å²) in [4.78, 5) is 38.2. The van der Waals surface area contributed by atoms with E-state index in [2.05, 4.69) is 0 Å². The number of hydrogen-bond acceptors (Lipinski definition) is 12. The van der Waals surface area contributed by atoms with Gasteiger partial charge >= 0.3 is 11.8 Å². The maximum Gasteiger partial charge on any atom is 0.340 e. The monoisotopic (exact) mass is 1060 g/mol. The minimum absolute atomic E-state index is 0.0164. The number of carbonyl (C=O) groups is 2. The van der Waals surface area contributed by atoms with Gasteiger partial charge in [0.1, 0.15) is 16.2 Å². The van der Waals surface area contributed by atoms with Crippen LogP contribution in [-0.4, -0.2) is 93.3 Å². The molecule has 3 aromatic rings. The summed E-state index contributed by atoms with van der Waals surface area (Å²) < 4.78 is 105. The first-order valence-electron chi connectivity index (χ1n) is 19.1. The topological polar surface area (TPSA) is 238 Å². The molecule has 0 saturated heterocycles. The van der Waals surface area contributed by atoms with Gasteiger partial charge in [-0.15, -0.1) is 0 Å². The van der Waals surface area contributed by atoms with E-state index in [0.717, 1.165) is 5.06 Å². The van der Waals surface area contributed by atoms with Gasteiger partial charge in [0, 0.05) is 36.8 Å². The molecule has 2 aliphatic heterocycles. The third-order valence-electron chi connectivity index (χ3n) is 10.4. The average Bonchev–Trinajstić information content (AvgIpc) is 3.58. The molecule has 5 rings (SSSR count). The molecule has 0 unspecified atom stereocenters. The van der Waals surface area contributed by atoms with Crippen molar-refractivity contribution in [3.8, 4) is 5.75 Å². The highest BCUT2D eigenvalue weighted by Crippen LogP contribution is 2.50. The van der Waals surface area contributed by atoms with Crippen LogP contribution in [0.25, 0.3) is 0 Å². The first-order valence-corrected chi connectivity index (χ1v) is 25.7. The lowest BCUT2D eigenvalue weighted by molar-refractivity contribution is -0.684. The third kappa shape index (κ3) is 12.1. The first kappa shape index (κ1) is 52.3. The SMILES string of the molecule is CN(OCC(=O)Oc1c(Cl)c(Cl)c(Cl)c(Cl)c1Cl)C(=O)c1cc2c([n+](CCCS(=O)(=O)O)c1)N=C(/C=C/C=C/C=C1/N(CCCS(=O)(=O)O)c3ccc(S(=O)(=O)O)cc3C1(C)C)C2(C)C. The molecule has 2 aromatic carbocycles. The number of benzene rings is 2. The number of rotatable bonds is 17. The lowest BCUT2D eigenvalue weighted by atomic mass is 9.81. The largest absolute Gasteiger partial charge is 0.421 e. The fourth-order valence-corrected chi connectivity index (χ4v) is 9.79. The second kappa shape index (κ2) is 19.9. The Morgan fingerprint density at radius 1 is 0.815 bits per heavy atom. The van der Waals surface area contributed by atoms with Crippen molar-refractivity contribution in [1.82, 2.24) is 5.06 Å². The number of ether oxygens (including phenoxy) is 1. The summed E-state index contributed by atoms with van der Waals surface area (Å²) in [6.07, 6.45) is 10.1. The molecule has 1 amide bonds. The summed E-state index contributed by atoms with van der Waals surface area (Å²) in [5.74, 6) is -2.79. The zero-order chi connectivity index (χ0) is 48.6. The van der Waals surface area contributed by atoms with Crippen LogP contribution in [0.2, 0.25) is 25.1 Å². The Kier molecular flexibility index (Phi) is 16.0. The molecule has 0 aliphatic carbocycles. The van der Waals surface area contributed by atoms with Crippen LogP contribution in [0.1, 0.15) is 62.0 Å². The number of hydrogen-bond donors (Lipinski definition) is 3. The summed E-state index contributed by atoms with van der Waals surface area (Å²) >= 11 is 30.4. The smallest absolute Gasteiger partial charge is 0.340 e.